The maximum atomic E-state index is 5.50. The van der Waals surface area contributed by atoms with Gasteiger partial charge in [0.2, 0.25) is 0 Å². The van der Waals surface area contributed by atoms with Gasteiger partial charge in [-0.1, -0.05) is 49.7 Å². The number of ether oxygens (including phenoxy) is 1. The minimum Gasteiger partial charge on any atom is -0.492 e. The van der Waals surface area contributed by atoms with Gasteiger partial charge in [0, 0.05) is 6.54 Å². The van der Waals surface area contributed by atoms with Gasteiger partial charge in [-0.05, 0) is 35.2 Å². The molecule has 0 aliphatic rings. The van der Waals surface area contributed by atoms with E-state index in [0.29, 0.717) is 13.2 Å². The normalized spacial score (nSPS) is 10.4. The molecule has 2 aromatic rings. The third kappa shape index (κ3) is 3.58. The first-order chi connectivity index (χ1) is 9.35. The van der Waals surface area contributed by atoms with Crippen molar-refractivity contribution in [2.24, 2.45) is 5.73 Å². The van der Waals surface area contributed by atoms with Crippen LogP contribution in [0.2, 0.25) is 0 Å². The molecule has 0 fully saturated rings. The molecule has 0 unspecified atom stereocenters. The highest BCUT2D eigenvalue weighted by Crippen LogP contribution is 2.26. The highest BCUT2D eigenvalue weighted by molar-refractivity contribution is 5.68. The van der Waals surface area contributed by atoms with Gasteiger partial charge in [-0.3, -0.25) is 0 Å². The van der Waals surface area contributed by atoms with Crippen LogP contribution in [0.1, 0.15) is 18.9 Å². The summed E-state index contributed by atoms with van der Waals surface area (Å²) in [5.74, 6) is 0.877. The van der Waals surface area contributed by atoms with Gasteiger partial charge >= 0.3 is 0 Å². The zero-order chi connectivity index (χ0) is 13.5. The van der Waals surface area contributed by atoms with E-state index in [1.54, 1.807) is 0 Å². The Hall–Kier alpha value is -1.80. The van der Waals surface area contributed by atoms with Crippen LogP contribution in [0.4, 0.5) is 0 Å². The third-order valence-electron chi connectivity index (χ3n) is 3.09. The minimum atomic E-state index is 0.543. The van der Waals surface area contributed by atoms with Crippen LogP contribution in [0.5, 0.6) is 5.75 Å². The summed E-state index contributed by atoms with van der Waals surface area (Å²) in [7, 11) is 0. The number of aryl methyl sites for hydroxylation is 1. The van der Waals surface area contributed by atoms with Crippen LogP contribution < -0.4 is 10.5 Å². The predicted octanol–water partition coefficient (Wildman–Crippen LogP) is 3.64. The lowest BCUT2D eigenvalue weighted by molar-refractivity contribution is 0.328. The Morgan fingerprint density at radius 3 is 2.42 bits per heavy atom. The molecule has 2 rings (SSSR count). The van der Waals surface area contributed by atoms with E-state index >= 15 is 0 Å². The monoisotopic (exact) mass is 255 g/mol. The summed E-state index contributed by atoms with van der Waals surface area (Å²) < 4.78 is 5.50. The van der Waals surface area contributed by atoms with Gasteiger partial charge in [-0.2, -0.15) is 0 Å². The van der Waals surface area contributed by atoms with Crippen molar-refractivity contribution >= 4 is 0 Å². The highest BCUT2D eigenvalue weighted by atomic mass is 16.5. The Morgan fingerprint density at radius 2 is 1.74 bits per heavy atom. The van der Waals surface area contributed by atoms with Crippen molar-refractivity contribution in [2.75, 3.05) is 13.2 Å². The first-order valence-electron chi connectivity index (χ1n) is 6.86. The first-order valence-corrected chi connectivity index (χ1v) is 6.86. The summed E-state index contributed by atoms with van der Waals surface area (Å²) in [6.07, 6.45) is 2.27. The van der Waals surface area contributed by atoms with E-state index in [2.05, 4.69) is 43.3 Å². The molecule has 0 spiro atoms. The molecule has 0 aliphatic heterocycles. The van der Waals surface area contributed by atoms with Gasteiger partial charge in [0.15, 0.2) is 0 Å². The fraction of sp³-hybridized carbons (Fsp3) is 0.294. The minimum absolute atomic E-state index is 0.543. The van der Waals surface area contributed by atoms with E-state index < -0.39 is 0 Å². The fourth-order valence-corrected chi connectivity index (χ4v) is 2.20. The largest absolute Gasteiger partial charge is 0.492 e. The van der Waals surface area contributed by atoms with E-state index in [-0.39, 0.29) is 0 Å². The number of hydrogen-bond donors (Lipinski definition) is 1. The van der Waals surface area contributed by atoms with Crippen LogP contribution in [-0.2, 0) is 6.42 Å². The van der Waals surface area contributed by atoms with Crippen molar-refractivity contribution in [1.82, 2.24) is 0 Å². The molecule has 2 N–H and O–H groups in total. The lowest BCUT2D eigenvalue weighted by Crippen LogP contribution is -2.10. The van der Waals surface area contributed by atoms with Crippen LogP contribution in [0.25, 0.3) is 11.1 Å². The molecule has 19 heavy (non-hydrogen) atoms. The third-order valence-corrected chi connectivity index (χ3v) is 3.09. The Morgan fingerprint density at radius 1 is 1.00 bits per heavy atom. The van der Waals surface area contributed by atoms with Crippen molar-refractivity contribution in [2.45, 2.75) is 19.8 Å². The Kier molecular flexibility index (Phi) is 4.99. The quantitative estimate of drug-likeness (QED) is 0.855. The van der Waals surface area contributed by atoms with Gasteiger partial charge in [0.1, 0.15) is 12.4 Å². The number of hydrogen-bond acceptors (Lipinski definition) is 2. The highest BCUT2D eigenvalue weighted by Gasteiger charge is 2.04. The van der Waals surface area contributed by atoms with Crippen molar-refractivity contribution in [3.8, 4) is 16.9 Å². The van der Waals surface area contributed by atoms with Crippen LogP contribution in [0.15, 0.2) is 48.5 Å². The Labute approximate surface area is 115 Å². The van der Waals surface area contributed by atoms with E-state index in [1.165, 1.54) is 16.7 Å². The second-order valence-electron chi connectivity index (χ2n) is 4.57. The fourth-order valence-electron chi connectivity index (χ4n) is 2.20. The van der Waals surface area contributed by atoms with E-state index in [0.717, 1.165) is 18.6 Å². The maximum absolute atomic E-state index is 5.50. The molecular weight excluding hydrogens is 234 g/mol. The molecule has 0 aliphatic carbocycles. The molecule has 0 amide bonds. The van der Waals surface area contributed by atoms with Crippen LogP contribution in [0.3, 0.4) is 0 Å². The van der Waals surface area contributed by atoms with E-state index in [9.17, 15) is 0 Å². The summed E-state index contributed by atoms with van der Waals surface area (Å²) >= 11 is 0. The summed E-state index contributed by atoms with van der Waals surface area (Å²) in [4.78, 5) is 0. The topological polar surface area (TPSA) is 35.2 Å². The van der Waals surface area contributed by atoms with Crippen LogP contribution in [-0.4, -0.2) is 13.2 Å². The molecule has 0 atom stereocenters. The van der Waals surface area contributed by atoms with Crippen molar-refractivity contribution in [1.29, 1.82) is 0 Å². The SMILES string of the molecule is CCCc1ccccc1-c1ccc(OCCN)cc1. The van der Waals surface area contributed by atoms with E-state index in [1.807, 2.05) is 12.1 Å². The standard InChI is InChI=1S/C17H21NO/c1-2-5-14-6-3-4-7-17(14)15-8-10-16(11-9-15)19-13-12-18/h3-4,6-11H,2,5,12-13,18H2,1H3. The zero-order valence-corrected chi connectivity index (χ0v) is 11.4. The zero-order valence-electron chi connectivity index (χ0n) is 11.4. The second kappa shape index (κ2) is 6.95. The maximum Gasteiger partial charge on any atom is 0.119 e. The van der Waals surface area contributed by atoms with Gasteiger partial charge in [0.05, 0.1) is 0 Å². The molecule has 0 aromatic heterocycles. The average Bonchev–Trinajstić information content (AvgIpc) is 2.47. The second-order valence-corrected chi connectivity index (χ2v) is 4.57. The van der Waals surface area contributed by atoms with Crippen molar-refractivity contribution in [3.63, 3.8) is 0 Å². The summed E-state index contributed by atoms with van der Waals surface area (Å²) in [5.41, 5.74) is 9.38. The molecule has 0 saturated carbocycles. The number of nitrogens with two attached hydrogens (primary N) is 1. The van der Waals surface area contributed by atoms with Gasteiger partial charge < -0.3 is 10.5 Å². The molecule has 0 radical (unpaired) electrons. The molecule has 0 bridgehead atoms. The Balaban J connectivity index is 2.22. The molecule has 2 aromatic carbocycles. The molecular formula is C17H21NO. The number of rotatable bonds is 6. The van der Waals surface area contributed by atoms with Crippen molar-refractivity contribution in [3.05, 3.63) is 54.1 Å². The molecule has 0 saturated heterocycles. The van der Waals surface area contributed by atoms with E-state index in [4.69, 9.17) is 10.5 Å². The molecule has 2 heteroatoms. The Bertz CT molecular complexity index is 505. The summed E-state index contributed by atoms with van der Waals surface area (Å²) in [6.45, 7) is 3.31. The van der Waals surface area contributed by atoms with Crippen LogP contribution >= 0.6 is 0 Å². The lowest BCUT2D eigenvalue weighted by Gasteiger charge is -2.10. The summed E-state index contributed by atoms with van der Waals surface area (Å²) in [5, 5.41) is 0. The average molecular weight is 255 g/mol. The van der Waals surface area contributed by atoms with Gasteiger partial charge in [0.25, 0.3) is 0 Å². The van der Waals surface area contributed by atoms with Gasteiger partial charge in [-0.15, -0.1) is 0 Å². The molecule has 2 nitrogen and oxygen atoms in total. The lowest BCUT2D eigenvalue weighted by atomic mass is 9.97. The molecule has 0 heterocycles. The van der Waals surface area contributed by atoms with Crippen LogP contribution in [0, 0.1) is 0 Å². The first kappa shape index (κ1) is 13.6. The number of benzene rings is 2. The summed E-state index contributed by atoms with van der Waals surface area (Å²) in [6, 6.07) is 16.8. The van der Waals surface area contributed by atoms with Gasteiger partial charge in [-0.25, -0.2) is 0 Å². The molecule has 100 valence electrons. The predicted molar refractivity (Wildman–Crippen MR) is 80.4 cm³/mol. The smallest absolute Gasteiger partial charge is 0.119 e. The van der Waals surface area contributed by atoms with Crippen molar-refractivity contribution < 1.29 is 4.74 Å².